The van der Waals surface area contributed by atoms with Crippen molar-refractivity contribution in [3.63, 3.8) is 0 Å². The molecule has 2 atom stereocenters. The molecule has 28 heavy (non-hydrogen) atoms. The number of rotatable bonds is 5. The molecule has 1 aromatic carbocycles. The van der Waals surface area contributed by atoms with Crippen molar-refractivity contribution in [3.05, 3.63) is 70.8 Å². The summed E-state index contributed by atoms with van der Waals surface area (Å²) in [5.74, 6) is -2.64. The summed E-state index contributed by atoms with van der Waals surface area (Å²) in [6.45, 7) is 1.75. The molecular formula is C22H18N2O4. The largest absolute Gasteiger partial charge is 0.351 e. The molecule has 0 saturated heterocycles. The molecule has 2 aliphatic rings. The van der Waals surface area contributed by atoms with Crippen LogP contribution in [0.3, 0.4) is 0 Å². The Morgan fingerprint density at radius 1 is 1.00 bits per heavy atom. The quantitative estimate of drug-likeness (QED) is 0.484. The first-order valence-electron chi connectivity index (χ1n) is 8.90. The van der Waals surface area contributed by atoms with Gasteiger partial charge in [0, 0.05) is 23.2 Å². The number of nitriles is 1. The second kappa shape index (κ2) is 7.97. The number of nitrogens with zero attached hydrogens (tertiary/aromatic N) is 1. The fraction of sp³-hybridized carbons (Fsp3) is 0.227. The fourth-order valence-corrected chi connectivity index (χ4v) is 3.37. The Kier molecular flexibility index (Phi) is 5.46. The molecule has 0 spiro atoms. The zero-order valence-corrected chi connectivity index (χ0v) is 15.3. The lowest BCUT2D eigenvalue weighted by molar-refractivity contribution is -0.127. The first-order valence-corrected chi connectivity index (χ1v) is 8.90. The number of allylic oxidation sites excluding steroid dienone is 6. The number of amides is 1. The van der Waals surface area contributed by atoms with E-state index < -0.39 is 17.6 Å². The summed E-state index contributed by atoms with van der Waals surface area (Å²) >= 11 is 0. The standard InChI is InChI=1S/C22H18N2O4/c1-13-18(21(27)17-6-3-2-5-16(17)19(13)25)20(26)14-7-9-15(10-8-14)22(28)24-12-4-11-23/h2-3,5-10,16-17H,4,12H2,1H3,(H,24,28). The average molecular weight is 374 g/mol. The van der Waals surface area contributed by atoms with E-state index in [-0.39, 0.29) is 47.1 Å². The van der Waals surface area contributed by atoms with Crippen LogP contribution in [0.1, 0.15) is 34.1 Å². The third-order valence-corrected chi connectivity index (χ3v) is 4.89. The van der Waals surface area contributed by atoms with Crippen molar-refractivity contribution in [3.8, 4) is 6.07 Å². The number of benzene rings is 1. The molecule has 2 unspecified atom stereocenters. The zero-order valence-electron chi connectivity index (χ0n) is 15.3. The Bertz CT molecular complexity index is 990. The van der Waals surface area contributed by atoms with E-state index in [2.05, 4.69) is 5.32 Å². The lowest BCUT2D eigenvalue weighted by Gasteiger charge is -2.28. The molecule has 0 radical (unpaired) electrons. The SMILES string of the molecule is CC1=C(C(=O)c2ccc(C(=O)NCCC#N)cc2)C(=O)C2C=CC=CC2C1=O. The van der Waals surface area contributed by atoms with Crippen LogP contribution in [0.4, 0.5) is 0 Å². The molecule has 0 aromatic heterocycles. The molecule has 3 rings (SSSR count). The summed E-state index contributed by atoms with van der Waals surface area (Å²) in [7, 11) is 0. The molecule has 140 valence electrons. The smallest absolute Gasteiger partial charge is 0.251 e. The van der Waals surface area contributed by atoms with Gasteiger partial charge >= 0.3 is 0 Å². The maximum absolute atomic E-state index is 12.9. The van der Waals surface area contributed by atoms with Gasteiger partial charge in [-0.05, 0) is 19.1 Å². The number of nitrogens with one attached hydrogen (secondary N) is 1. The molecule has 0 saturated carbocycles. The predicted molar refractivity (Wildman–Crippen MR) is 101 cm³/mol. The molecule has 2 aliphatic carbocycles. The lowest BCUT2D eigenvalue weighted by Crippen LogP contribution is -2.38. The Morgan fingerprint density at radius 3 is 2.18 bits per heavy atom. The van der Waals surface area contributed by atoms with Crippen LogP contribution in [-0.2, 0) is 9.59 Å². The van der Waals surface area contributed by atoms with Gasteiger partial charge in [0.1, 0.15) is 0 Å². The van der Waals surface area contributed by atoms with Gasteiger partial charge in [-0.3, -0.25) is 19.2 Å². The van der Waals surface area contributed by atoms with Crippen molar-refractivity contribution >= 4 is 23.3 Å². The Morgan fingerprint density at radius 2 is 1.57 bits per heavy atom. The Balaban J connectivity index is 1.84. The summed E-state index contributed by atoms with van der Waals surface area (Å²) < 4.78 is 0. The van der Waals surface area contributed by atoms with Gasteiger partial charge in [0.2, 0.25) is 0 Å². The van der Waals surface area contributed by atoms with E-state index in [9.17, 15) is 19.2 Å². The third-order valence-electron chi connectivity index (χ3n) is 4.89. The highest BCUT2D eigenvalue weighted by atomic mass is 16.2. The van der Waals surface area contributed by atoms with Crippen molar-refractivity contribution in [2.75, 3.05) is 6.54 Å². The van der Waals surface area contributed by atoms with Gasteiger partial charge in [-0.1, -0.05) is 36.4 Å². The second-order valence-electron chi connectivity index (χ2n) is 6.62. The first kappa shape index (κ1) is 19.2. The van der Waals surface area contributed by atoms with Gasteiger partial charge in [-0.15, -0.1) is 0 Å². The van der Waals surface area contributed by atoms with E-state index in [1.165, 1.54) is 31.2 Å². The summed E-state index contributed by atoms with van der Waals surface area (Å²) in [6, 6.07) is 7.81. The zero-order chi connectivity index (χ0) is 20.3. The number of Topliss-reactive ketones (excluding diaryl/α,β-unsaturated/α-hetero) is 3. The number of carbonyl (C=O) groups excluding carboxylic acids is 4. The minimum Gasteiger partial charge on any atom is -0.351 e. The first-order chi connectivity index (χ1) is 13.5. The normalized spacial score (nSPS) is 20.6. The minimum atomic E-state index is -0.648. The van der Waals surface area contributed by atoms with E-state index in [0.717, 1.165) is 0 Å². The van der Waals surface area contributed by atoms with E-state index >= 15 is 0 Å². The van der Waals surface area contributed by atoms with Crippen molar-refractivity contribution < 1.29 is 19.2 Å². The van der Waals surface area contributed by atoms with Crippen LogP contribution in [0.15, 0.2) is 59.7 Å². The summed E-state index contributed by atoms with van der Waals surface area (Å²) in [5, 5.41) is 11.1. The number of hydrogen-bond donors (Lipinski definition) is 1. The molecule has 1 amide bonds. The van der Waals surface area contributed by atoms with Crippen LogP contribution in [-0.4, -0.2) is 29.8 Å². The van der Waals surface area contributed by atoms with Gasteiger partial charge in [-0.2, -0.15) is 5.26 Å². The van der Waals surface area contributed by atoms with Crippen molar-refractivity contribution in [2.24, 2.45) is 11.8 Å². The van der Waals surface area contributed by atoms with E-state index in [1.54, 1.807) is 24.3 Å². The number of hydrogen-bond acceptors (Lipinski definition) is 5. The van der Waals surface area contributed by atoms with Gasteiger partial charge in [0.15, 0.2) is 17.3 Å². The Hall–Kier alpha value is -3.59. The summed E-state index contributed by atoms with van der Waals surface area (Å²) in [5.41, 5.74) is 0.663. The lowest BCUT2D eigenvalue weighted by atomic mass is 9.71. The van der Waals surface area contributed by atoms with Crippen LogP contribution < -0.4 is 5.32 Å². The number of fused-ring (bicyclic) bond motifs is 1. The molecular weight excluding hydrogens is 356 g/mol. The maximum Gasteiger partial charge on any atom is 0.251 e. The molecule has 0 heterocycles. The molecule has 1 N–H and O–H groups in total. The third kappa shape index (κ3) is 3.47. The molecule has 0 aliphatic heterocycles. The van der Waals surface area contributed by atoms with Crippen molar-refractivity contribution in [1.82, 2.24) is 5.32 Å². The average Bonchev–Trinajstić information content (AvgIpc) is 2.72. The van der Waals surface area contributed by atoms with Crippen LogP contribution >= 0.6 is 0 Å². The molecule has 6 heteroatoms. The number of ketones is 3. The second-order valence-corrected chi connectivity index (χ2v) is 6.62. The van der Waals surface area contributed by atoms with Gasteiger partial charge in [0.05, 0.1) is 29.9 Å². The highest BCUT2D eigenvalue weighted by Gasteiger charge is 2.42. The molecule has 1 aromatic rings. The number of carbonyl (C=O) groups is 4. The summed E-state index contributed by atoms with van der Waals surface area (Å²) in [6.07, 6.45) is 6.98. The minimum absolute atomic E-state index is 0.0857. The van der Waals surface area contributed by atoms with Crippen LogP contribution in [0.2, 0.25) is 0 Å². The topological polar surface area (TPSA) is 104 Å². The van der Waals surface area contributed by atoms with Crippen molar-refractivity contribution in [2.45, 2.75) is 13.3 Å². The van der Waals surface area contributed by atoms with Gasteiger partial charge in [-0.25, -0.2) is 0 Å². The highest BCUT2D eigenvalue weighted by Crippen LogP contribution is 2.34. The summed E-state index contributed by atoms with van der Waals surface area (Å²) in [4.78, 5) is 50.3. The van der Waals surface area contributed by atoms with Gasteiger partial charge < -0.3 is 5.32 Å². The Labute approximate surface area is 162 Å². The molecule has 0 fully saturated rings. The van der Waals surface area contributed by atoms with E-state index in [1.807, 2.05) is 6.07 Å². The molecule has 6 nitrogen and oxygen atoms in total. The maximum atomic E-state index is 12.9. The van der Waals surface area contributed by atoms with E-state index in [4.69, 9.17) is 5.26 Å². The van der Waals surface area contributed by atoms with Crippen LogP contribution in [0, 0.1) is 23.2 Å². The fourth-order valence-electron chi connectivity index (χ4n) is 3.37. The predicted octanol–water partition coefficient (Wildman–Crippen LogP) is 2.34. The highest BCUT2D eigenvalue weighted by molar-refractivity contribution is 6.33. The van der Waals surface area contributed by atoms with Crippen LogP contribution in [0.5, 0.6) is 0 Å². The van der Waals surface area contributed by atoms with Gasteiger partial charge in [0.25, 0.3) is 5.91 Å². The molecule has 0 bridgehead atoms. The monoisotopic (exact) mass is 374 g/mol. The van der Waals surface area contributed by atoms with E-state index in [0.29, 0.717) is 5.56 Å². The van der Waals surface area contributed by atoms with Crippen LogP contribution in [0.25, 0.3) is 0 Å². The van der Waals surface area contributed by atoms with Crippen molar-refractivity contribution in [1.29, 1.82) is 5.26 Å².